The average molecular weight is 353 g/mol. The average Bonchev–Trinajstić information content (AvgIpc) is 3.08. The highest BCUT2D eigenvalue weighted by molar-refractivity contribution is 5.97. The van der Waals surface area contributed by atoms with E-state index < -0.39 is 0 Å². The quantitative estimate of drug-likeness (QED) is 0.550. The van der Waals surface area contributed by atoms with Crippen LogP contribution in [0.5, 0.6) is 0 Å². The van der Waals surface area contributed by atoms with Gasteiger partial charge in [-0.25, -0.2) is 4.68 Å². The lowest BCUT2D eigenvalue weighted by Gasteiger charge is -2.10. The number of hydrogen-bond acceptors (Lipinski definition) is 2. The van der Waals surface area contributed by atoms with Gasteiger partial charge >= 0.3 is 0 Å². The van der Waals surface area contributed by atoms with Crippen LogP contribution in [-0.2, 0) is 4.79 Å². The lowest BCUT2D eigenvalue weighted by atomic mass is 10.0. The number of carbonyl (C=O) groups is 1. The Morgan fingerprint density at radius 2 is 1.30 bits per heavy atom. The van der Waals surface area contributed by atoms with E-state index in [1.54, 1.807) is 4.68 Å². The SMILES string of the molecule is CC(=O)Nc1c(-c2ccccc2)c(-c2ccccc2)nn1-c1ccccc1. The van der Waals surface area contributed by atoms with Crippen molar-refractivity contribution in [1.82, 2.24) is 9.78 Å². The second kappa shape index (κ2) is 7.30. The van der Waals surface area contributed by atoms with Gasteiger partial charge in [0, 0.05) is 12.5 Å². The van der Waals surface area contributed by atoms with Crippen LogP contribution < -0.4 is 5.32 Å². The zero-order valence-corrected chi connectivity index (χ0v) is 15.0. The molecular weight excluding hydrogens is 334 g/mol. The highest BCUT2D eigenvalue weighted by Crippen LogP contribution is 2.39. The Morgan fingerprint density at radius 3 is 1.85 bits per heavy atom. The zero-order valence-electron chi connectivity index (χ0n) is 15.0. The maximum atomic E-state index is 12.0. The molecule has 3 aromatic carbocycles. The third kappa shape index (κ3) is 3.37. The predicted octanol–water partition coefficient (Wildman–Crippen LogP) is 5.16. The molecule has 0 atom stereocenters. The van der Waals surface area contributed by atoms with Gasteiger partial charge in [-0.1, -0.05) is 78.9 Å². The Bertz CT molecular complexity index is 1060. The van der Waals surface area contributed by atoms with Gasteiger partial charge in [0.05, 0.1) is 11.3 Å². The number of carbonyl (C=O) groups excluding carboxylic acids is 1. The molecule has 0 unspecified atom stereocenters. The summed E-state index contributed by atoms with van der Waals surface area (Å²) in [7, 11) is 0. The minimum atomic E-state index is -0.135. The predicted molar refractivity (Wildman–Crippen MR) is 109 cm³/mol. The van der Waals surface area contributed by atoms with Crippen molar-refractivity contribution < 1.29 is 4.79 Å². The van der Waals surface area contributed by atoms with Gasteiger partial charge in [0.2, 0.25) is 5.91 Å². The van der Waals surface area contributed by atoms with E-state index in [2.05, 4.69) is 5.32 Å². The van der Waals surface area contributed by atoms with Crippen LogP contribution in [0, 0.1) is 0 Å². The molecule has 0 saturated heterocycles. The normalized spacial score (nSPS) is 10.6. The van der Waals surface area contributed by atoms with Crippen LogP contribution in [0.2, 0.25) is 0 Å². The Morgan fingerprint density at radius 1 is 0.778 bits per heavy atom. The van der Waals surface area contributed by atoms with Crippen molar-refractivity contribution in [2.24, 2.45) is 0 Å². The molecule has 1 aromatic heterocycles. The number of anilines is 1. The number of nitrogens with one attached hydrogen (secondary N) is 1. The molecule has 27 heavy (non-hydrogen) atoms. The van der Waals surface area contributed by atoms with Crippen LogP contribution in [0.4, 0.5) is 5.82 Å². The summed E-state index contributed by atoms with van der Waals surface area (Å²) in [5.41, 5.74) is 4.62. The number of aromatic nitrogens is 2. The second-order valence-corrected chi connectivity index (χ2v) is 6.23. The van der Waals surface area contributed by atoms with Gasteiger partial charge in [-0.15, -0.1) is 0 Å². The molecule has 0 radical (unpaired) electrons. The van der Waals surface area contributed by atoms with Crippen molar-refractivity contribution in [3.8, 4) is 28.1 Å². The lowest BCUT2D eigenvalue weighted by molar-refractivity contribution is -0.114. The van der Waals surface area contributed by atoms with Crippen molar-refractivity contribution in [3.05, 3.63) is 91.0 Å². The lowest BCUT2D eigenvalue weighted by Crippen LogP contribution is -2.11. The van der Waals surface area contributed by atoms with Crippen LogP contribution in [0.1, 0.15) is 6.92 Å². The van der Waals surface area contributed by atoms with E-state index in [0.717, 1.165) is 28.1 Å². The Labute approximate surface area is 158 Å². The number of para-hydroxylation sites is 1. The molecule has 0 aliphatic carbocycles. The summed E-state index contributed by atoms with van der Waals surface area (Å²) in [6.07, 6.45) is 0. The van der Waals surface area contributed by atoms with Crippen molar-refractivity contribution in [2.45, 2.75) is 6.92 Å². The summed E-state index contributed by atoms with van der Waals surface area (Å²) in [6.45, 7) is 1.51. The summed E-state index contributed by atoms with van der Waals surface area (Å²) in [5, 5.41) is 7.87. The van der Waals surface area contributed by atoms with E-state index in [1.165, 1.54) is 6.92 Å². The summed E-state index contributed by atoms with van der Waals surface area (Å²) in [5.74, 6) is 0.530. The van der Waals surface area contributed by atoms with Crippen LogP contribution in [-0.4, -0.2) is 15.7 Å². The fourth-order valence-electron chi connectivity index (χ4n) is 3.13. The van der Waals surface area contributed by atoms with Crippen LogP contribution in [0.3, 0.4) is 0 Å². The zero-order chi connectivity index (χ0) is 18.6. The van der Waals surface area contributed by atoms with E-state index in [4.69, 9.17) is 5.10 Å². The Kier molecular flexibility index (Phi) is 4.54. The Balaban J connectivity index is 2.04. The molecule has 132 valence electrons. The number of hydrogen-bond donors (Lipinski definition) is 1. The molecule has 4 heteroatoms. The number of benzene rings is 3. The minimum absolute atomic E-state index is 0.135. The highest BCUT2D eigenvalue weighted by Gasteiger charge is 2.22. The molecular formula is C23H19N3O. The molecule has 0 fully saturated rings. The van der Waals surface area contributed by atoms with E-state index >= 15 is 0 Å². The molecule has 0 aliphatic rings. The van der Waals surface area contributed by atoms with Gasteiger partial charge in [-0.3, -0.25) is 4.79 Å². The summed E-state index contributed by atoms with van der Waals surface area (Å²) >= 11 is 0. The molecule has 4 aromatic rings. The van der Waals surface area contributed by atoms with E-state index in [-0.39, 0.29) is 5.91 Å². The maximum absolute atomic E-state index is 12.0. The van der Waals surface area contributed by atoms with Crippen molar-refractivity contribution in [3.63, 3.8) is 0 Å². The summed E-state index contributed by atoms with van der Waals surface area (Å²) < 4.78 is 1.80. The van der Waals surface area contributed by atoms with Crippen LogP contribution >= 0.6 is 0 Å². The molecule has 4 rings (SSSR count). The first-order chi connectivity index (χ1) is 13.2. The molecule has 1 amide bonds. The van der Waals surface area contributed by atoms with Crippen LogP contribution in [0.15, 0.2) is 91.0 Å². The van der Waals surface area contributed by atoms with Gasteiger partial charge in [-0.2, -0.15) is 5.10 Å². The standard InChI is InChI=1S/C23H19N3O/c1-17(27)24-23-21(18-11-5-2-6-12-18)22(19-13-7-3-8-14-19)25-26(23)20-15-9-4-10-16-20/h2-16H,1H3,(H,24,27). The van der Waals surface area contributed by atoms with Crippen molar-refractivity contribution in [1.29, 1.82) is 0 Å². The van der Waals surface area contributed by atoms with E-state index in [1.807, 2.05) is 91.0 Å². The molecule has 0 aliphatic heterocycles. The first-order valence-electron chi connectivity index (χ1n) is 8.81. The maximum Gasteiger partial charge on any atom is 0.222 e. The van der Waals surface area contributed by atoms with E-state index in [0.29, 0.717) is 5.82 Å². The molecule has 0 saturated carbocycles. The fraction of sp³-hybridized carbons (Fsp3) is 0.0435. The van der Waals surface area contributed by atoms with Crippen molar-refractivity contribution in [2.75, 3.05) is 5.32 Å². The van der Waals surface area contributed by atoms with Gasteiger partial charge in [0.15, 0.2) is 0 Å². The minimum Gasteiger partial charge on any atom is -0.310 e. The Hall–Kier alpha value is -3.66. The highest BCUT2D eigenvalue weighted by atomic mass is 16.1. The smallest absolute Gasteiger partial charge is 0.222 e. The molecule has 0 spiro atoms. The molecule has 1 N–H and O–H groups in total. The summed E-state index contributed by atoms with van der Waals surface area (Å²) in [6, 6.07) is 29.9. The third-order valence-corrected chi connectivity index (χ3v) is 4.29. The number of nitrogens with zero attached hydrogens (tertiary/aromatic N) is 2. The second-order valence-electron chi connectivity index (χ2n) is 6.23. The van der Waals surface area contributed by atoms with Gasteiger partial charge in [0.25, 0.3) is 0 Å². The van der Waals surface area contributed by atoms with Crippen molar-refractivity contribution >= 4 is 11.7 Å². The van der Waals surface area contributed by atoms with Gasteiger partial charge < -0.3 is 5.32 Å². The largest absolute Gasteiger partial charge is 0.310 e. The first kappa shape index (κ1) is 16.8. The summed E-state index contributed by atoms with van der Waals surface area (Å²) in [4.78, 5) is 12.0. The monoisotopic (exact) mass is 353 g/mol. The van der Waals surface area contributed by atoms with E-state index in [9.17, 15) is 4.79 Å². The van der Waals surface area contributed by atoms with Crippen LogP contribution in [0.25, 0.3) is 28.1 Å². The number of amides is 1. The molecule has 4 nitrogen and oxygen atoms in total. The third-order valence-electron chi connectivity index (χ3n) is 4.29. The topological polar surface area (TPSA) is 46.9 Å². The number of rotatable bonds is 4. The van der Waals surface area contributed by atoms with Gasteiger partial charge in [0.1, 0.15) is 11.5 Å². The molecule has 1 heterocycles. The fourth-order valence-corrected chi connectivity index (χ4v) is 3.13. The first-order valence-corrected chi connectivity index (χ1v) is 8.81. The van der Waals surface area contributed by atoms with Gasteiger partial charge in [-0.05, 0) is 17.7 Å². The molecule has 0 bridgehead atoms.